The van der Waals surface area contributed by atoms with Crippen LogP contribution in [0.25, 0.3) is 28.0 Å². The second kappa shape index (κ2) is 10.3. The molecule has 5 heterocycles. The zero-order chi connectivity index (χ0) is 27.9. The molecule has 6 rings (SSSR count). The number of amides is 1. The molecule has 10 nitrogen and oxygen atoms in total. The van der Waals surface area contributed by atoms with Gasteiger partial charge in [-0.05, 0) is 56.5 Å². The maximum atomic E-state index is 13.5. The molecular formula is C30H32N8O2. The van der Waals surface area contributed by atoms with Crippen LogP contribution < -0.4 is 4.90 Å². The molecule has 1 aliphatic heterocycles. The van der Waals surface area contributed by atoms with E-state index in [9.17, 15) is 15.2 Å². The van der Waals surface area contributed by atoms with Crippen LogP contribution >= 0.6 is 0 Å². The van der Waals surface area contributed by atoms with E-state index in [-0.39, 0.29) is 18.0 Å². The lowest BCUT2D eigenvalue weighted by Crippen LogP contribution is -2.62. The summed E-state index contributed by atoms with van der Waals surface area (Å²) in [6, 6.07) is 9.34. The Morgan fingerprint density at radius 1 is 1.02 bits per heavy atom. The molecule has 0 unspecified atom stereocenters. The number of hydrogen-bond acceptors (Lipinski definition) is 8. The SMILES string of the molecule is C[C@@H]1CN(c2ncnc3c2c(-c2ccncc2)cn3-c2cc(C#N)ccn2)[C@@H](C)CN1C(=O)C1(O)CCCCC1. The van der Waals surface area contributed by atoms with Gasteiger partial charge in [0.15, 0.2) is 5.65 Å². The molecule has 0 bridgehead atoms. The van der Waals surface area contributed by atoms with Crippen molar-refractivity contribution >= 4 is 22.8 Å². The van der Waals surface area contributed by atoms with E-state index in [0.717, 1.165) is 41.6 Å². The first kappa shape index (κ1) is 25.9. The fraction of sp³-hybridized carbons (Fsp3) is 0.400. The van der Waals surface area contributed by atoms with Gasteiger partial charge in [0, 0.05) is 55.5 Å². The summed E-state index contributed by atoms with van der Waals surface area (Å²) >= 11 is 0. The van der Waals surface area contributed by atoms with Crippen molar-refractivity contribution in [3.05, 3.63) is 60.9 Å². The Balaban J connectivity index is 1.42. The van der Waals surface area contributed by atoms with Gasteiger partial charge in [-0.15, -0.1) is 0 Å². The number of carbonyl (C=O) groups excluding carboxylic acids is 1. The van der Waals surface area contributed by atoms with Gasteiger partial charge >= 0.3 is 0 Å². The molecule has 1 amide bonds. The molecular weight excluding hydrogens is 504 g/mol. The Bertz CT molecular complexity index is 1590. The average molecular weight is 537 g/mol. The highest BCUT2D eigenvalue weighted by Crippen LogP contribution is 2.38. The number of nitrogens with zero attached hydrogens (tertiary/aromatic N) is 8. The van der Waals surface area contributed by atoms with Crippen LogP contribution in [0.15, 0.2) is 55.4 Å². The molecule has 2 fully saturated rings. The number of rotatable bonds is 4. The Morgan fingerprint density at radius 3 is 2.55 bits per heavy atom. The molecule has 1 saturated carbocycles. The first-order valence-corrected chi connectivity index (χ1v) is 13.8. The van der Waals surface area contributed by atoms with Crippen molar-refractivity contribution in [1.29, 1.82) is 5.26 Å². The van der Waals surface area contributed by atoms with Crippen molar-refractivity contribution in [3.63, 3.8) is 0 Å². The van der Waals surface area contributed by atoms with Gasteiger partial charge in [0.1, 0.15) is 23.6 Å². The van der Waals surface area contributed by atoms with Gasteiger partial charge in [-0.2, -0.15) is 5.26 Å². The minimum Gasteiger partial charge on any atom is -0.380 e. The van der Waals surface area contributed by atoms with E-state index >= 15 is 0 Å². The van der Waals surface area contributed by atoms with E-state index in [0.29, 0.717) is 43.0 Å². The monoisotopic (exact) mass is 536 g/mol. The van der Waals surface area contributed by atoms with E-state index in [1.54, 1.807) is 37.1 Å². The third-order valence-corrected chi connectivity index (χ3v) is 8.27. The Kier molecular flexibility index (Phi) is 6.68. The third-order valence-electron chi connectivity index (χ3n) is 8.27. The molecule has 0 radical (unpaired) electrons. The fourth-order valence-electron chi connectivity index (χ4n) is 6.13. The van der Waals surface area contributed by atoms with Gasteiger partial charge in [-0.3, -0.25) is 14.3 Å². The summed E-state index contributed by atoms with van der Waals surface area (Å²) in [5.74, 6) is 1.22. The van der Waals surface area contributed by atoms with Crippen molar-refractivity contribution in [2.45, 2.75) is 63.6 Å². The maximum absolute atomic E-state index is 13.5. The maximum Gasteiger partial charge on any atom is 0.254 e. The van der Waals surface area contributed by atoms with Crippen LogP contribution in [0, 0.1) is 11.3 Å². The molecule has 1 aliphatic carbocycles. The number of fused-ring (bicyclic) bond motifs is 1. The fourth-order valence-corrected chi connectivity index (χ4v) is 6.13. The van der Waals surface area contributed by atoms with E-state index < -0.39 is 5.60 Å². The highest BCUT2D eigenvalue weighted by molar-refractivity contribution is 6.02. The Labute approximate surface area is 232 Å². The van der Waals surface area contributed by atoms with Crippen molar-refractivity contribution in [2.75, 3.05) is 18.0 Å². The number of pyridine rings is 2. The van der Waals surface area contributed by atoms with Gasteiger partial charge in [0.05, 0.1) is 17.0 Å². The topological polar surface area (TPSA) is 124 Å². The van der Waals surface area contributed by atoms with Crippen LogP contribution in [0.4, 0.5) is 5.82 Å². The average Bonchev–Trinajstić information content (AvgIpc) is 3.39. The summed E-state index contributed by atoms with van der Waals surface area (Å²) in [4.78, 5) is 35.8. The number of piperazine rings is 1. The van der Waals surface area contributed by atoms with Crippen molar-refractivity contribution in [1.82, 2.24) is 29.4 Å². The highest BCUT2D eigenvalue weighted by atomic mass is 16.3. The lowest BCUT2D eigenvalue weighted by Gasteiger charge is -2.47. The summed E-state index contributed by atoms with van der Waals surface area (Å²) in [6.45, 7) is 5.18. The molecule has 204 valence electrons. The minimum atomic E-state index is -1.26. The molecule has 0 spiro atoms. The van der Waals surface area contributed by atoms with E-state index in [2.05, 4.69) is 32.8 Å². The van der Waals surface area contributed by atoms with Crippen LogP contribution in [0.2, 0.25) is 0 Å². The molecule has 0 aromatic carbocycles. The van der Waals surface area contributed by atoms with Crippen LogP contribution in [-0.4, -0.2) is 71.2 Å². The van der Waals surface area contributed by atoms with E-state index in [1.807, 2.05) is 34.7 Å². The van der Waals surface area contributed by atoms with E-state index in [4.69, 9.17) is 4.98 Å². The van der Waals surface area contributed by atoms with Crippen LogP contribution in [0.1, 0.15) is 51.5 Å². The predicted molar refractivity (Wildman–Crippen MR) is 151 cm³/mol. The molecule has 40 heavy (non-hydrogen) atoms. The largest absolute Gasteiger partial charge is 0.380 e. The van der Waals surface area contributed by atoms with Crippen molar-refractivity contribution in [2.24, 2.45) is 0 Å². The predicted octanol–water partition coefficient (Wildman–Crippen LogP) is 3.87. The summed E-state index contributed by atoms with van der Waals surface area (Å²) in [5, 5.41) is 21.5. The molecule has 10 heteroatoms. The van der Waals surface area contributed by atoms with Gasteiger partial charge in [0.25, 0.3) is 5.91 Å². The number of carbonyl (C=O) groups is 1. The van der Waals surface area contributed by atoms with Crippen LogP contribution in [0.3, 0.4) is 0 Å². The summed E-state index contributed by atoms with van der Waals surface area (Å²) in [7, 11) is 0. The van der Waals surface area contributed by atoms with Crippen molar-refractivity contribution < 1.29 is 9.90 Å². The van der Waals surface area contributed by atoms with Gasteiger partial charge in [-0.1, -0.05) is 19.3 Å². The first-order chi connectivity index (χ1) is 19.4. The first-order valence-electron chi connectivity index (χ1n) is 13.8. The second-order valence-corrected chi connectivity index (χ2v) is 11.0. The highest BCUT2D eigenvalue weighted by Gasteiger charge is 2.44. The van der Waals surface area contributed by atoms with E-state index in [1.165, 1.54) is 0 Å². The molecule has 2 aliphatic rings. The Hall–Kier alpha value is -4.36. The summed E-state index contributed by atoms with van der Waals surface area (Å²) < 4.78 is 1.89. The zero-order valence-corrected chi connectivity index (χ0v) is 22.7. The molecule has 1 saturated heterocycles. The number of aromatic nitrogens is 5. The van der Waals surface area contributed by atoms with Crippen LogP contribution in [0.5, 0.6) is 0 Å². The number of nitriles is 1. The second-order valence-electron chi connectivity index (χ2n) is 11.0. The molecule has 1 N–H and O–H groups in total. The number of hydrogen-bond donors (Lipinski definition) is 1. The van der Waals surface area contributed by atoms with Gasteiger partial charge in [0.2, 0.25) is 0 Å². The van der Waals surface area contributed by atoms with Gasteiger partial charge < -0.3 is 14.9 Å². The number of anilines is 1. The lowest BCUT2D eigenvalue weighted by atomic mass is 9.83. The third kappa shape index (κ3) is 4.46. The zero-order valence-electron chi connectivity index (χ0n) is 22.7. The smallest absolute Gasteiger partial charge is 0.254 e. The quantitative estimate of drug-likeness (QED) is 0.417. The standard InChI is InChI=1S/C30H32N8O2/c1-20-17-37(29(39)30(40)9-4-3-5-10-30)21(2)16-36(20)27-26-24(23-7-11-32-12-8-23)18-38(28(26)35-19-34-27)25-14-22(15-31)6-13-33-25/h6-8,11-14,18-21,40H,3-5,9-10,16-17H2,1-2H3/t20-,21+/m0/s1. The molecule has 4 aromatic rings. The summed E-state index contributed by atoms with van der Waals surface area (Å²) in [5.41, 5.74) is 1.81. The Morgan fingerprint density at radius 2 is 1.80 bits per heavy atom. The van der Waals surface area contributed by atoms with Crippen molar-refractivity contribution in [3.8, 4) is 23.0 Å². The van der Waals surface area contributed by atoms with Crippen LogP contribution in [-0.2, 0) is 4.79 Å². The molecule has 4 aromatic heterocycles. The normalized spacial score (nSPS) is 20.9. The lowest BCUT2D eigenvalue weighted by molar-refractivity contribution is -0.157. The van der Waals surface area contributed by atoms with Gasteiger partial charge in [-0.25, -0.2) is 15.0 Å². The number of aliphatic hydroxyl groups is 1. The summed E-state index contributed by atoms with van der Waals surface area (Å²) in [6.07, 6.45) is 12.5. The molecule has 2 atom stereocenters. The minimum absolute atomic E-state index is 0.0425.